The van der Waals surface area contributed by atoms with Crippen LogP contribution in [0.1, 0.15) is 18.2 Å². The molecule has 0 aliphatic carbocycles. The molecule has 98 valence electrons. The minimum absolute atomic E-state index is 0.555. The number of hydrogen-bond donors (Lipinski definition) is 2. The zero-order chi connectivity index (χ0) is 13.7. The van der Waals surface area contributed by atoms with Crippen LogP contribution in [0.4, 0.5) is 11.5 Å². The number of thiocarbonyl (C=S) groups is 1. The van der Waals surface area contributed by atoms with E-state index >= 15 is 0 Å². The first-order valence-corrected chi connectivity index (χ1v) is 6.69. The van der Waals surface area contributed by atoms with Crippen LogP contribution < -0.4 is 10.6 Å². The summed E-state index contributed by atoms with van der Waals surface area (Å²) in [5.74, 6) is 0.756. The molecule has 2 aromatic rings. The number of nitrogens with zero attached hydrogens (tertiary/aromatic N) is 1. The predicted molar refractivity (Wildman–Crippen MR) is 84.6 cm³/mol. The monoisotopic (exact) mass is 271 g/mol. The van der Waals surface area contributed by atoms with Crippen molar-refractivity contribution < 1.29 is 0 Å². The molecule has 19 heavy (non-hydrogen) atoms. The van der Waals surface area contributed by atoms with E-state index < -0.39 is 0 Å². The first-order valence-electron chi connectivity index (χ1n) is 6.28. The smallest absolute Gasteiger partial charge is 0.176 e. The Bertz CT molecular complexity index is 581. The van der Waals surface area contributed by atoms with E-state index in [1.807, 2.05) is 43.3 Å². The van der Waals surface area contributed by atoms with Crippen LogP contribution in [-0.4, -0.2) is 10.1 Å². The van der Waals surface area contributed by atoms with Crippen molar-refractivity contribution in [2.45, 2.75) is 20.3 Å². The Kier molecular flexibility index (Phi) is 4.47. The van der Waals surface area contributed by atoms with Gasteiger partial charge in [-0.3, -0.25) is 0 Å². The lowest BCUT2D eigenvalue weighted by Crippen LogP contribution is -2.20. The van der Waals surface area contributed by atoms with Crippen molar-refractivity contribution >= 4 is 28.8 Å². The van der Waals surface area contributed by atoms with Gasteiger partial charge in [0.25, 0.3) is 0 Å². The Balaban J connectivity index is 2.05. The highest BCUT2D eigenvalue weighted by Gasteiger charge is 2.03. The quantitative estimate of drug-likeness (QED) is 0.833. The minimum Gasteiger partial charge on any atom is -0.332 e. The summed E-state index contributed by atoms with van der Waals surface area (Å²) < 4.78 is 0. The molecule has 0 saturated heterocycles. The van der Waals surface area contributed by atoms with Gasteiger partial charge in [-0.25, -0.2) is 4.98 Å². The second kappa shape index (κ2) is 6.29. The molecule has 0 fully saturated rings. The zero-order valence-corrected chi connectivity index (χ0v) is 11.9. The molecule has 2 rings (SSSR count). The maximum atomic E-state index is 5.31. The highest BCUT2D eigenvalue weighted by atomic mass is 32.1. The van der Waals surface area contributed by atoms with Gasteiger partial charge >= 0.3 is 0 Å². The van der Waals surface area contributed by atoms with E-state index in [-0.39, 0.29) is 0 Å². The lowest BCUT2D eigenvalue weighted by Gasteiger charge is -2.13. The molecule has 0 aliphatic heterocycles. The van der Waals surface area contributed by atoms with Crippen LogP contribution >= 0.6 is 12.2 Å². The van der Waals surface area contributed by atoms with E-state index in [0.717, 1.165) is 23.6 Å². The number of rotatable bonds is 3. The summed E-state index contributed by atoms with van der Waals surface area (Å²) in [5.41, 5.74) is 3.24. The van der Waals surface area contributed by atoms with Crippen LogP contribution in [0.25, 0.3) is 0 Å². The molecule has 3 nitrogen and oxygen atoms in total. The fourth-order valence-corrected chi connectivity index (χ4v) is 2.05. The van der Waals surface area contributed by atoms with Crippen LogP contribution in [0.3, 0.4) is 0 Å². The molecule has 0 atom stereocenters. The van der Waals surface area contributed by atoms with Gasteiger partial charge in [0.05, 0.1) is 0 Å². The Morgan fingerprint density at radius 2 is 1.89 bits per heavy atom. The Hall–Kier alpha value is -1.94. The highest BCUT2D eigenvalue weighted by Crippen LogP contribution is 2.15. The van der Waals surface area contributed by atoms with Crippen molar-refractivity contribution in [2.24, 2.45) is 0 Å². The minimum atomic E-state index is 0.555. The van der Waals surface area contributed by atoms with Crippen molar-refractivity contribution in [3.63, 3.8) is 0 Å². The summed E-state index contributed by atoms with van der Waals surface area (Å²) >= 11 is 5.31. The summed E-state index contributed by atoms with van der Waals surface area (Å²) in [7, 11) is 0. The lowest BCUT2D eigenvalue weighted by atomic mass is 10.1. The molecule has 1 heterocycles. The molecule has 0 radical (unpaired) electrons. The standard InChI is InChI=1S/C15H17N3S/c1-3-12-8-4-5-9-13(12)17-15(19)18-14-10-6-7-11(2)16-14/h4-10H,3H2,1-2H3,(H2,16,17,18,19). The van der Waals surface area contributed by atoms with E-state index in [0.29, 0.717) is 5.11 Å². The van der Waals surface area contributed by atoms with Gasteiger partial charge in [0, 0.05) is 11.4 Å². The number of pyridine rings is 1. The second-order valence-corrected chi connectivity index (χ2v) is 4.66. The number of anilines is 2. The van der Waals surface area contributed by atoms with E-state index in [1.54, 1.807) is 0 Å². The van der Waals surface area contributed by atoms with Gasteiger partial charge in [0.15, 0.2) is 5.11 Å². The van der Waals surface area contributed by atoms with Crippen molar-refractivity contribution in [1.82, 2.24) is 4.98 Å². The zero-order valence-electron chi connectivity index (χ0n) is 11.1. The molecular weight excluding hydrogens is 254 g/mol. The van der Waals surface area contributed by atoms with Gasteiger partial charge in [-0.05, 0) is 49.3 Å². The van der Waals surface area contributed by atoms with Crippen LogP contribution in [0.2, 0.25) is 0 Å². The van der Waals surface area contributed by atoms with Crippen LogP contribution in [0.15, 0.2) is 42.5 Å². The second-order valence-electron chi connectivity index (χ2n) is 4.25. The average Bonchev–Trinajstić information content (AvgIpc) is 2.39. The molecule has 0 saturated carbocycles. The van der Waals surface area contributed by atoms with Crippen molar-refractivity contribution in [1.29, 1.82) is 0 Å². The topological polar surface area (TPSA) is 37.0 Å². The summed E-state index contributed by atoms with van der Waals surface area (Å²) in [6.07, 6.45) is 0.967. The maximum absolute atomic E-state index is 5.31. The third kappa shape index (κ3) is 3.76. The van der Waals surface area contributed by atoms with E-state index in [2.05, 4.69) is 28.6 Å². The van der Waals surface area contributed by atoms with Gasteiger partial charge in [-0.1, -0.05) is 31.2 Å². The third-order valence-corrected chi connectivity index (χ3v) is 2.98. The van der Waals surface area contributed by atoms with Crippen LogP contribution in [0.5, 0.6) is 0 Å². The van der Waals surface area contributed by atoms with Crippen LogP contribution in [-0.2, 0) is 6.42 Å². The number of benzene rings is 1. The van der Waals surface area contributed by atoms with Gasteiger partial charge in [0.1, 0.15) is 5.82 Å². The van der Waals surface area contributed by atoms with Gasteiger partial charge < -0.3 is 10.6 Å². The number of nitrogens with one attached hydrogen (secondary N) is 2. The molecule has 0 spiro atoms. The van der Waals surface area contributed by atoms with E-state index in [9.17, 15) is 0 Å². The predicted octanol–water partition coefficient (Wildman–Crippen LogP) is 3.76. The normalized spacial score (nSPS) is 10.0. The number of hydrogen-bond acceptors (Lipinski definition) is 2. The van der Waals surface area contributed by atoms with Crippen molar-refractivity contribution in [3.05, 3.63) is 53.7 Å². The molecule has 0 amide bonds. The first-order chi connectivity index (χ1) is 9.19. The molecular formula is C15H17N3S. The number of aryl methyl sites for hydroxylation is 2. The van der Waals surface area contributed by atoms with Crippen molar-refractivity contribution in [3.8, 4) is 0 Å². The number of para-hydroxylation sites is 1. The fourth-order valence-electron chi connectivity index (χ4n) is 1.83. The summed E-state index contributed by atoms with van der Waals surface area (Å²) in [6, 6.07) is 13.9. The van der Waals surface area contributed by atoms with Gasteiger partial charge in [-0.15, -0.1) is 0 Å². The summed E-state index contributed by atoms with van der Waals surface area (Å²) in [6.45, 7) is 4.08. The van der Waals surface area contributed by atoms with Crippen LogP contribution in [0, 0.1) is 6.92 Å². The molecule has 0 unspecified atom stereocenters. The number of aromatic nitrogens is 1. The summed E-state index contributed by atoms with van der Waals surface area (Å²) in [5, 5.41) is 6.86. The average molecular weight is 271 g/mol. The molecule has 0 bridgehead atoms. The Morgan fingerprint density at radius 3 is 2.63 bits per heavy atom. The summed E-state index contributed by atoms with van der Waals surface area (Å²) in [4.78, 5) is 4.36. The van der Waals surface area contributed by atoms with E-state index in [4.69, 9.17) is 12.2 Å². The maximum Gasteiger partial charge on any atom is 0.176 e. The third-order valence-electron chi connectivity index (χ3n) is 2.78. The molecule has 2 N–H and O–H groups in total. The molecule has 1 aromatic heterocycles. The Morgan fingerprint density at radius 1 is 1.11 bits per heavy atom. The molecule has 4 heteroatoms. The van der Waals surface area contributed by atoms with E-state index in [1.165, 1.54) is 5.56 Å². The lowest BCUT2D eigenvalue weighted by molar-refractivity contribution is 1.14. The molecule has 1 aromatic carbocycles. The fraction of sp³-hybridized carbons (Fsp3) is 0.200. The van der Waals surface area contributed by atoms with Gasteiger partial charge in [-0.2, -0.15) is 0 Å². The first kappa shape index (κ1) is 13.5. The SMILES string of the molecule is CCc1ccccc1NC(=S)Nc1cccc(C)n1. The van der Waals surface area contributed by atoms with Gasteiger partial charge in [0.2, 0.25) is 0 Å². The van der Waals surface area contributed by atoms with Crippen molar-refractivity contribution in [2.75, 3.05) is 10.6 Å². The largest absolute Gasteiger partial charge is 0.332 e. The molecule has 0 aliphatic rings. The Labute approximate surface area is 119 Å². The highest BCUT2D eigenvalue weighted by molar-refractivity contribution is 7.80.